The van der Waals surface area contributed by atoms with E-state index in [4.69, 9.17) is 0 Å². The van der Waals surface area contributed by atoms with Crippen molar-refractivity contribution in [1.82, 2.24) is 19.3 Å². The first-order valence-corrected chi connectivity index (χ1v) is 10.5. The number of hydrogen-bond acceptors (Lipinski definition) is 3. The average molecular weight is 414 g/mol. The van der Waals surface area contributed by atoms with E-state index in [1.807, 2.05) is 36.5 Å². The molecule has 0 amide bonds. The van der Waals surface area contributed by atoms with Gasteiger partial charge in [-0.1, -0.05) is 42.8 Å². The lowest BCUT2D eigenvalue weighted by Crippen LogP contribution is -2.29. The van der Waals surface area contributed by atoms with E-state index < -0.39 is 11.4 Å². The standard InChI is InChI=1S/C24H22N4O3/c29-21-14-6-2-5-12-18(19-15-25-20-13-8-7-11-17(19)20)22(21)28-24(31)27(23(30)26-28)16-9-3-1-4-10-16/h1,3-4,7-11,13,15,25H,2,5-6,12,14H2,(H,26,30)/b22-18-. The number of aromatic amines is 2. The molecule has 2 N–H and O–H groups in total. The molecule has 156 valence electrons. The summed E-state index contributed by atoms with van der Waals surface area (Å²) in [6, 6.07) is 16.6. The highest BCUT2D eigenvalue weighted by Gasteiger charge is 2.26. The molecule has 0 bridgehead atoms. The monoisotopic (exact) mass is 414 g/mol. The molecule has 0 saturated carbocycles. The fraction of sp³-hybridized carbons (Fsp3) is 0.208. The van der Waals surface area contributed by atoms with E-state index in [0.29, 0.717) is 18.5 Å². The summed E-state index contributed by atoms with van der Waals surface area (Å²) in [6.45, 7) is 0. The maximum absolute atomic E-state index is 13.3. The number of carbonyl (C=O) groups is 1. The van der Waals surface area contributed by atoms with Gasteiger partial charge in [-0.05, 0) is 43.0 Å². The van der Waals surface area contributed by atoms with Crippen LogP contribution in [0.1, 0.15) is 37.7 Å². The van der Waals surface area contributed by atoms with Gasteiger partial charge in [0.05, 0.1) is 5.69 Å². The molecule has 31 heavy (non-hydrogen) atoms. The molecule has 5 rings (SSSR count). The summed E-state index contributed by atoms with van der Waals surface area (Å²) in [5.41, 5.74) is 2.21. The molecule has 1 aliphatic rings. The lowest BCUT2D eigenvalue weighted by atomic mass is 9.91. The average Bonchev–Trinajstić information content (AvgIpc) is 3.32. The minimum atomic E-state index is -0.572. The summed E-state index contributed by atoms with van der Waals surface area (Å²) in [7, 11) is 0. The predicted molar refractivity (Wildman–Crippen MR) is 120 cm³/mol. The number of ketones is 1. The Morgan fingerprint density at radius 3 is 2.39 bits per heavy atom. The van der Waals surface area contributed by atoms with Crippen LogP contribution >= 0.6 is 0 Å². The van der Waals surface area contributed by atoms with Gasteiger partial charge in [0.25, 0.3) is 0 Å². The van der Waals surface area contributed by atoms with Crippen LogP contribution in [0.15, 0.2) is 70.4 Å². The molecule has 2 aromatic carbocycles. The largest absolute Gasteiger partial charge is 0.361 e. The highest BCUT2D eigenvalue weighted by Crippen LogP contribution is 2.34. The van der Waals surface area contributed by atoms with Crippen LogP contribution in [-0.4, -0.2) is 25.1 Å². The van der Waals surface area contributed by atoms with Crippen LogP contribution in [0, 0.1) is 0 Å². The van der Waals surface area contributed by atoms with E-state index in [-0.39, 0.29) is 11.5 Å². The zero-order valence-electron chi connectivity index (χ0n) is 16.9. The van der Waals surface area contributed by atoms with Gasteiger partial charge in [-0.25, -0.2) is 19.3 Å². The number of fused-ring (bicyclic) bond motifs is 1. The summed E-state index contributed by atoms with van der Waals surface area (Å²) in [5, 5.41) is 3.61. The Labute approximate surface area is 177 Å². The van der Waals surface area contributed by atoms with E-state index in [9.17, 15) is 14.4 Å². The number of benzene rings is 2. The number of nitrogens with one attached hydrogen (secondary N) is 2. The van der Waals surface area contributed by atoms with E-state index in [2.05, 4.69) is 10.1 Å². The summed E-state index contributed by atoms with van der Waals surface area (Å²) >= 11 is 0. The Hall–Kier alpha value is -3.87. The summed E-state index contributed by atoms with van der Waals surface area (Å²) in [5.74, 6) is -0.136. The van der Waals surface area contributed by atoms with E-state index in [1.54, 1.807) is 24.3 Å². The van der Waals surface area contributed by atoms with Crippen LogP contribution < -0.4 is 11.4 Å². The van der Waals surface area contributed by atoms with Gasteiger partial charge in [0, 0.05) is 29.1 Å². The Balaban J connectivity index is 1.79. The van der Waals surface area contributed by atoms with Gasteiger partial charge in [-0.3, -0.25) is 4.79 Å². The lowest BCUT2D eigenvalue weighted by molar-refractivity contribution is -0.114. The predicted octanol–water partition coefficient (Wildman–Crippen LogP) is 3.71. The van der Waals surface area contributed by atoms with E-state index >= 15 is 0 Å². The van der Waals surface area contributed by atoms with Crippen molar-refractivity contribution in [2.45, 2.75) is 32.1 Å². The molecule has 0 aliphatic heterocycles. The second kappa shape index (κ2) is 7.75. The summed E-state index contributed by atoms with van der Waals surface area (Å²) < 4.78 is 2.20. The lowest BCUT2D eigenvalue weighted by Gasteiger charge is -2.17. The quantitative estimate of drug-likeness (QED) is 0.535. The summed E-state index contributed by atoms with van der Waals surface area (Å²) in [4.78, 5) is 42.5. The molecular weight excluding hydrogens is 392 g/mol. The first-order valence-electron chi connectivity index (χ1n) is 10.5. The molecule has 2 aromatic heterocycles. The Kier molecular flexibility index (Phi) is 4.78. The molecule has 1 aliphatic carbocycles. The van der Waals surface area contributed by atoms with Crippen LogP contribution in [0.4, 0.5) is 0 Å². The minimum Gasteiger partial charge on any atom is -0.361 e. The third kappa shape index (κ3) is 3.28. The number of para-hydroxylation sites is 2. The third-order valence-electron chi connectivity index (χ3n) is 5.83. The second-order valence-corrected chi connectivity index (χ2v) is 7.76. The third-order valence-corrected chi connectivity index (χ3v) is 5.83. The molecule has 4 aromatic rings. The van der Waals surface area contributed by atoms with Crippen molar-refractivity contribution in [3.63, 3.8) is 0 Å². The number of allylic oxidation sites excluding steroid dienone is 2. The minimum absolute atomic E-state index is 0.136. The first kappa shape index (κ1) is 19.1. The zero-order valence-corrected chi connectivity index (χ0v) is 16.9. The molecule has 0 atom stereocenters. The number of hydrogen-bond donors (Lipinski definition) is 2. The van der Waals surface area contributed by atoms with Crippen molar-refractivity contribution in [3.8, 4) is 5.69 Å². The summed E-state index contributed by atoms with van der Waals surface area (Å²) in [6.07, 6.45) is 5.49. The highest BCUT2D eigenvalue weighted by atomic mass is 16.2. The van der Waals surface area contributed by atoms with Gasteiger partial charge in [0.2, 0.25) is 0 Å². The first-order chi connectivity index (χ1) is 15.1. The molecule has 0 spiro atoms. The van der Waals surface area contributed by atoms with E-state index in [1.165, 1.54) is 0 Å². The van der Waals surface area contributed by atoms with E-state index in [0.717, 1.165) is 50.6 Å². The SMILES string of the molecule is O=C1CCCCC/C(c2c[nH]c3ccccc23)=C\1n1[nH]c(=O)n(-c2ccccc2)c1=O. The topological polar surface area (TPSA) is 92.7 Å². The Morgan fingerprint density at radius 2 is 1.55 bits per heavy atom. The maximum atomic E-state index is 13.3. The molecule has 7 heteroatoms. The molecule has 2 heterocycles. The fourth-order valence-electron chi connectivity index (χ4n) is 4.35. The van der Waals surface area contributed by atoms with Crippen molar-refractivity contribution >= 4 is 28.0 Å². The molecule has 0 radical (unpaired) electrons. The van der Waals surface area contributed by atoms with Crippen molar-refractivity contribution in [2.75, 3.05) is 0 Å². The van der Waals surface area contributed by atoms with Gasteiger partial charge in [-0.15, -0.1) is 0 Å². The number of nitrogens with zero attached hydrogens (tertiary/aromatic N) is 2. The van der Waals surface area contributed by atoms with Gasteiger partial charge in [0.1, 0.15) is 5.70 Å². The Bertz CT molecular complexity index is 1420. The van der Waals surface area contributed by atoms with Crippen LogP contribution in [0.5, 0.6) is 0 Å². The van der Waals surface area contributed by atoms with Crippen molar-refractivity contribution in [2.24, 2.45) is 0 Å². The van der Waals surface area contributed by atoms with Crippen LogP contribution in [0.3, 0.4) is 0 Å². The molecule has 7 nitrogen and oxygen atoms in total. The van der Waals surface area contributed by atoms with Crippen LogP contribution in [0.2, 0.25) is 0 Å². The number of aromatic nitrogens is 4. The normalized spacial score (nSPS) is 17.6. The second-order valence-electron chi connectivity index (χ2n) is 7.76. The number of carbonyl (C=O) groups excluding carboxylic acids is 1. The van der Waals surface area contributed by atoms with Gasteiger partial charge in [-0.2, -0.15) is 4.68 Å². The van der Waals surface area contributed by atoms with Gasteiger partial charge in [0.15, 0.2) is 5.78 Å². The maximum Gasteiger partial charge on any atom is 0.356 e. The number of H-pyrrole nitrogens is 2. The highest BCUT2D eigenvalue weighted by molar-refractivity contribution is 6.23. The molecule has 0 saturated heterocycles. The smallest absolute Gasteiger partial charge is 0.356 e. The van der Waals surface area contributed by atoms with Crippen molar-refractivity contribution in [3.05, 3.63) is 87.3 Å². The Morgan fingerprint density at radius 1 is 0.806 bits per heavy atom. The molecular formula is C24H22N4O3. The van der Waals surface area contributed by atoms with Gasteiger partial charge >= 0.3 is 11.4 Å². The fourth-order valence-corrected chi connectivity index (χ4v) is 4.35. The molecule has 0 unspecified atom stereocenters. The van der Waals surface area contributed by atoms with Crippen LogP contribution in [0.25, 0.3) is 27.9 Å². The van der Waals surface area contributed by atoms with Crippen molar-refractivity contribution in [1.29, 1.82) is 0 Å². The van der Waals surface area contributed by atoms with Crippen molar-refractivity contribution < 1.29 is 4.79 Å². The number of Topliss-reactive ketones (excluding diaryl/α,β-unsaturated/α-hetero) is 1. The molecule has 0 fully saturated rings. The van der Waals surface area contributed by atoms with Crippen LogP contribution in [-0.2, 0) is 4.79 Å². The number of rotatable bonds is 3. The zero-order chi connectivity index (χ0) is 21.4. The van der Waals surface area contributed by atoms with Gasteiger partial charge < -0.3 is 4.98 Å².